The molecule has 4 aliphatic rings. The van der Waals surface area contributed by atoms with Gasteiger partial charge in [0.15, 0.2) is 5.78 Å². The molecule has 1 nitrogen and oxygen atoms in total. The molecule has 4 aliphatic carbocycles. The number of hydrogen-bond donors (Lipinski definition) is 0. The number of allylic oxidation sites excluding steroid dienone is 3. The third-order valence-corrected chi connectivity index (χ3v) is 9.47. The number of hydrogen-bond acceptors (Lipinski definition) is 1. The minimum atomic E-state index is 0.319. The molecule has 0 aromatic carbocycles. The van der Waals surface area contributed by atoms with Crippen LogP contribution in [0.3, 0.4) is 0 Å². The summed E-state index contributed by atoms with van der Waals surface area (Å²) in [5.74, 6) is 5.23. The highest BCUT2D eigenvalue weighted by molar-refractivity contribution is 5.91. The first kappa shape index (κ1) is 19.5. The minimum Gasteiger partial charge on any atom is -0.295 e. The van der Waals surface area contributed by atoms with E-state index in [0.717, 1.165) is 36.5 Å². The van der Waals surface area contributed by atoms with E-state index in [9.17, 15) is 4.79 Å². The van der Waals surface area contributed by atoms with Gasteiger partial charge in [-0.3, -0.25) is 4.79 Å². The molecule has 0 aromatic rings. The SMILES string of the molecule is CC(C)C=CC(C)C1CCC2C3CCC4=CC(=O)CCC4(C)C3CCC12C. The highest BCUT2D eigenvalue weighted by Crippen LogP contribution is 2.67. The molecular formula is C26H40O. The van der Waals surface area contributed by atoms with Crippen LogP contribution in [0, 0.1) is 46.3 Å². The van der Waals surface area contributed by atoms with Gasteiger partial charge in [0.1, 0.15) is 0 Å². The number of carbonyl (C=O) groups excluding carboxylic acids is 1. The van der Waals surface area contributed by atoms with E-state index in [4.69, 9.17) is 0 Å². The van der Waals surface area contributed by atoms with Crippen molar-refractivity contribution in [1.29, 1.82) is 0 Å². The minimum absolute atomic E-state index is 0.319. The van der Waals surface area contributed by atoms with Crippen molar-refractivity contribution < 1.29 is 4.79 Å². The zero-order valence-corrected chi connectivity index (χ0v) is 18.3. The maximum absolute atomic E-state index is 12.0. The maximum atomic E-state index is 12.0. The van der Waals surface area contributed by atoms with Crippen LogP contribution < -0.4 is 0 Å². The van der Waals surface area contributed by atoms with E-state index in [2.05, 4.69) is 46.8 Å². The van der Waals surface area contributed by atoms with E-state index in [1.807, 2.05) is 6.08 Å². The van der Waals surface area contributed by atoms with Crippen molar-refractivity contribution in [1.82, 2.24) is 0 Å². The molecule has 3 saturated carbocycles. The van der Waals surface area contributed by atoms with Gasteiger partial charge in [-0.05, 0) is 97.4 Å². The van der Waals surface area contributed by atoms with Crippen LogP contribution in [0.1, 0.15) is 86.0 Å². The van der Waals surface area contributed by atoms with Gasteiger partial charge in [0.05, 0.1) is 0 Å². The molecule has 150 valence electrons. The summed E-state index contributed by atoms with van der Waals surface area (Å²) in [7, 11) is 0. The van der Waals surface area contributed by atoms with E-state index in [1.54, 1.807) is 0 Å². The van der Waals surface area contributed by atoms with Crippen molar-refractivity contribution in [3.8, 4) is 0 Å². The predicted octanol–water partition coefficient (Wildman–Crippen LogP) is 6.98. The van der Waals surface area contributed by atoms with E-state index in [1.165, 1.54) is 44.1 Å². The average Bonchev–Trinajstić information content (AvgIpc) is 2.97. The van der Waals surface area contributed by atoms with Crippen molar-refractivity contribution >= 4 is 5.78 Å². The number of rotatable bonds is 3. The number of carbonyl (C=O) groups is 1. The largest absolute Gasteiger partial charge is 0.295 e. The molecule has 0 aliphatic heterocycles. The van der Waals surface area contributed by atoms with Crippen LogP contribution in [0.15, 0.2) is 23.8 Å². The number of fused-ring (bicyclic) bond motifs is 5. The van der Waals surface area contributed by atoms with Gasteiger partial charge in [-0.1, -0.05) is 52.3 Å². The van der Waals surface area contributed by atoms with Gasteiger partial charge < -0.3 is 0 Å². The van der Waals surface area contributed by atoms with Crippen LogP contribution in [-0.2, 0) is 4.79 Å². The molecule has 0 heterocycles. The molecule has 0 N–H and O–H groups in total. The highest BCUT2D eigenvalue weighted by Gasteiger charge is 2.59. The number of ketones is 1. The van der Waals surface area contributed by atoms with Crippen LogP contribution in [0.2, 0.25) is 0 Å². The van der Waals surface area contributed by atoms with Crippen molar-refractivity contribution in [3.63, 3.8) is 0 Å². The zero-order valence-electron chi connectivity index (χ0n) is 18.3. The Morgan fingerprint density at radius 2 is 1.74 bits per heavy atom. The summed E-state index contributed by atoms with van der Waals surface area (Å²) in [4.78, 5) is 12.0. The molecule has 7 atom stereocenters. The van der Waals surface area contributed by atoms with Gasteiger partial charge in [-0.2, -0.15) is 0 Å². The Hall–Kier alpha value is -0.850. The second-order valence-electron chi connectivity index (χ2n) is 11.2. The second kappa shape index (κ2) is 6.89. The molecule has 0 bridgehead atoms. The quantitative estimate of drug-likeness (QED) is 0.491. The first-order chi connectivity index (χ1) is 12.8. The molecule has 1 heteroatoms. The summed E-state index contributed by atoms with van der Waals surface area (Å²) in [6, 6.07) is 0. The van der Waals surface area contributed by atoms with Crippen LogP contribution in [0.25, 0.3) is 0 Å². The molecular weight excluding hydrogens is 328 g/mol. The first-order valence-corrected chi connectivity index (χ1v) is 11.7. The average molecular weight is 369 g/mol. The molecule has 0 saturated heterocycles. The van der Waals surface area contributed by atoms with Crippen LogP contribution >= 0.6 is 0 Å². The third kappa shape index (κ3) is 3.08. The fourth-order valence-corrected chi connectivity index (χ4v) is 8.00. The Kier molecular flexibility index (Phi) is 4.97. The second-order valence-corrected chi connectivity index (χ2v) is 11.2. The van der Waals surface area contributed by atoms with E-state index < -0.39 is 0 Å². The van der Waals surface area contributed by atoms with Gasteiger partial charge in [-0.15, -0.1) is 0 Å². The summed E-state index contributed by atoms with van der Waals surface area (Å²) in [5, 5.41) is 0. The summed E-state index contributed by atoms with van der Waals surface area (Å²) < 4.78 is 0. The fraction of sp³-hybridized carbons (Fsp3) is 0.808. The Bertz CT molecular complexity index is 655. The van der Waals surface area contributed by atoms with Crippen LogP contribution in [-0.4, -0.2) is 5.78 Å². The molecule has 0 spiro atoms. The summed E-state index contributed by atoms with van der Waals surface area (Å²) in [6.07, 6.45) is 17.1. The molecule has 0 aromatic heterocycles. The lowest BCUT2D eigenvalue weighted by molar-refractivity contribution is -0.117. The van der Waals surface area contributed by atoms with Crippen LogP contribution in [0.5, 0.6) is 0 Å². The zero-order chi connectivity index (χ0) is 19.4. The summed E-state index contributed by atoms with van der Waals surface area (Å²) in [5.41, 5.74) is 2.36. The Morgan fingerprint density at radius 1 is 0.963 bits per heavy atom. The lowest BCUT2D eigenvalue weighted by Crippen LogP contribution is -2.50. The van der Waals surface area contributed by atoms with Gasteiger partial charge in [0.2, 0.25) is 0 Å². The van der Waals surface area contributed by atoms with Gasteiger partial charge in [-0.25, -0.2) is 0 Å². The standard InChI is InChI=1S/C26H40O/c1-17(2)6-7-18(3)22-10-11-23-21-9-8-19-16-20(27)12-14-25(19,4)24(21)13-15-26(22,23)5/h6-7,16-18,21-24H,8-15H2,1-5H3. The molecule has 7 unspecified atom stereocenters. The Labute approximate surface area is 167 Å². The third-order valence-electron chi connectivity index (χ3n) is 9.47. The lowest BCUT2D eigenvalue weighted by Gasteiger charge is -2.58. The summed E-state index contributed by atoms with van der Waals surface area (Å²) >= 11 is 0. The topological polar surface area (TPSA) is 17.1 Å². The molecule has 0 radical (unpaired) electrons. The Morgan fingerprint density at radius 3 is 2.48 bits per heavy atom. The maximum Gasteiger partial charge on any atom is 0.155 e. The molecule has 4 rings (SSSR count). The van der Waals surface area contributed by atoms with E-state index >= 15 is 0 Å². The monoisotopic (exact) mass is 368 g/mol. The van der Waals surface area contributed by atoms with Crippen molar-refractivity contribution in [3.05, 3.63) is 23.8 Å². The van der Waals surface area contributed by atoms with Crippen LogP contribution in [0.4, 0.5) is 0 Å². The van der Waals surface area contributed by atoms with Gasteiger partial charge >= 0.3 is 0 Å². The fourth-order valence-electron chi connectivity index (χ4n) is 8.00. The van der Waals surface area contributed by atoms with Crippen molar-refractivity contribution in [2.45, 2.75) is 86.0 Å². The first-order valence-electron chi connectivity index (χ1n) is 11.7. The van der Waals surface area contributed by atoms with E-state index in [0.29, 0.717) is 28.4 Å². The van der Waals surface area contributed by atoms with Gasteiger partial charge in [0.25, 0.3) is 0 Å². The Balaban J connectivity index is 1.57. The summed E-state index contributed by atoms with van der Waals surface area (Å²) in [6.45, 7) is 12.2. The van der Waals surface area contributed by atoms with Crippen molar-refractivity contribution in [2.75, 3.05) is 0 Å². The normalized spacial score (nSPS) is 45.4. The van der Waals surface area contributed by atoms with Crippen molar-refractivity contribution in [2.24, 2.45) is 46.3 Å². The lowest BCUT2D eigenvalue weighted by atomic mass is 9.46. The molecule has 0 amide bonds. The predicted molar refractivity (Wildman–Crippen MR) is 113 cm³/mol. The highest BCUT2D eigenvalue weighted by atomic mass is 16.1. The molecule has 27 heavy (non-hydrogen) atoms. The van der Waals surface area contributed by atoms with Gasteiger partial charge in [0, 0.05) is 6.42 Å². The smallest absolute Gasteiger partial charge is 0.155 e. The van der Waals surface area contributed by atoms with E-state index in [-0.39, 0.29) is 0 Å². The molecule has 3 fully saturated rings.